The van der Waals surface area contributed by atoms with Crippen LogP contribution in [0.5, 0.6) is 0 Å². The summed E-state index contributed by atoms with van der Waals surface area (Å²) in [6.45, 7) is 6.80. The predicted molar refractivity (Wildman–Crippen MR) is 110 cm³/mol. The number of rotatable bonds is 9. The number of methoxy groups -OCH3 is 1. The highest BCUT2D eigenvalue weighted by molar-refractivity contribution is 5.71. The van der Waals surface area contributed by atoms with Gasteiger partial charge in [0.05, 0.1) is 24.1 Å². The van der Waals surface area contributed by atoms with Crippen LogP contribution in [0, 0.1) is 10.1 Å². The minimum atomic E-state index is -1.01. The Bertz CT molecular complexity index is 710. The number of esters is 1. The van der Waals surface area contributed by atoms with Gasteiger partial charge < -0.3 is 19.5 Å². The summed E-state index contributed by atoms with van der Waals surface area (Å²) in [7, 11) is 1.34. The molecule has 1 aliphatic heterocycles. The molecule has 1 N–H and O–H groups in total. The van der Waals surface area contributed by atoms with Crippen molar-refractivity contribution in [3.05, 3.63) is 33.9 Å². The van der Waals surface area contributed by atoms with Crippen molar-refractivity contribution in [1.82, 2.24) is 0 Å². The molecule has 0 unspecified atom stereocenters. The van der Waals surface area contributed by atoms with Crippen LogP contribution < -0.4 is 4.90 Å². The summed E-state index contributed by atoms with van der Waals surface area (Å²) in [5, 5.41) is 22.3. The van der Waals surface area contributed by atoms with E-state index < -0.39 is 5.60 Å². The van der Waals surface area contributed by atoms with E-state index in [4.69, 9.17) is 9.47 Å². The number of carbonyl (C=O) groups is 1. The van der Waals surface area contributed by atoms with Crippen LogP contribution in [-0.2, 0) is 14.3 Å². The zero-order valence-electron chi connectivity index (χ0n) is 17.7. The average Bonchev–Trinajstić information content (AvgIpc) is 2.69. The van der Waals surface area contributed by atoms with Gasteiger partial charge in [-0.15, -0.1) is 0 Å². The van der Waals surface area contributed by atoms with E-state index >= 15 is 0 Å². The van der Waals surface area contributed by atoms with Crippen molar-refractivity contribution in [2.45, 2.75) is 64.0 Å². The van der Waals surface area contributed by atoms with Crippen LogP contribution in [-0.4, -0.2) is 54.5 Å². The molecule has 1 atom stereocenters. The van der Waals surface area contributed by atoms with Crippen LogP contribution in [0.15, 0.2) is 18.2 Å². The maximum absolute atomic E-state index is 11.9. The lowest BCUT2D eigenvalue weighted by Crippen LogP contribution is -2.47. The Morgan fingerprint density at radius 3 is 2.59 bits per heavy atom. The molecule has 1 heterocycles. The molecule has 0 bridgehead atoms. The zero-order valence-corrected chi connectivity index (χ0v) is 17.7. The number of carbonyl (C=O) groups excluding carboxylic acids is 1. The Morgan fingerprint density at radius 2 is 2.07 bits per heavy atom. The summed E-state index contributed by atoms with van der Waals surface area (Å²) < 4.78 is 10.2. The average molecular weight is 408 g/mol. The summed E-state index contributed by atoms with van der Waals surface area (Å²) in [6.07, 6.45) is 2.33. The van der Waals surface area contributed by atoms with E-state index in [0.717, 1.165) is 18.4 Å². The minimum Gasteiger partial charge on any atom is -0.469 e. The number of hydrogen-bond acceptors (Lipinski definition) is 7. The number of nitro benzene ring substituents is 1. The second kappa shape index (κ2) is 10.0. The third-order valence-corrected chi connectivity index (χ3v) is 5.30. The van der Waals surface area contributed by atoms with E-state index in [2.05, 4.69) is 0 Å². The fraction of sp³-hybridized carbons (Fsp3) is 0.667. The summed E-state index contributed by atoms with van der Waals surface area (Å²) >= 11 is 0. The Hall–Kier alpha value is -2.19. The summed E-state index contributed by atoms with van der Waals surface area (Å²) in [5.74, 6) is -0.490. The molecule has 162 valence electrons. The van der Waals surface area contributed by atoms with Gasteiger partial charge in [0.25, 0.3) is 5.69 Å². The fourth-order valence-corrected chi connectivity index (χ4v) is 3.79. The monoisotopic (exact) mass is 408 g/mol. The van der Waals surface area contributed by atoms with Gasteiger partial charge in [0.15, 0.2) is 0 Å². The maximum atomic E-state index is 11.9. The second-order valence-corrected chi connectivity index (χ2v) is 8.17. The maximum Gasteiger partial charge on any atom is 0.306 e. The van der Waals surface area contributed by atoms with Gasteiger partial charge >= 0.3 is 5.97 Å². The van der Waals surface area contributed by atoms with Gasteiger partial charge in [0, 0.05) is 31.9 Å². The van der Waals surface area contributed by atoms with E-state index in [9.17, 15) is 20.0 Å². The topological polar surface area (TPSA) is 102 Å². The zero-order chi connectivity index (χ0) is 21.6. The normalized spacial score (nSPS) is 16.3. The first-order chi connectivity index (χ1) is 13.7. The van der Waals surface area contributed by atoms with Gasteiger partial charge in [0.1, 0.15) is 5.69 Å². The molecule has 1 aromatic rings. The number of aliphatic hydroxyl groups is 1. The van der Waals surface area contributed by atoms with Crippen molar-refractivity contribution in [2.75, 3.05) is 31.8 Å². The molecular weight excluding hydrogens is 376 g/mol. The van der Waals surface area contributed by atoms with Crippen LogP contribution >= 0.6 is 0 Å². The van der Waals surface area contributed by atoms with Crippen LogP contribution in [0.4, 0.5) is 11.4 Å². The smallest absolute Gasteiger partial charge is 0.306 e. The number of nitrogens with zero attached hydrogens (tertiary/aromatic N) is 2. The first-order valence-corrected chi connectivity index (χ1v) is 10.1. The lowest BCUT2D eigenvalue weighted by atomic mass is 9.92. The standard InChI is InChI=1S/C21H32N2O6/c1-5-15(13-20(24)28-4)16-6-7-18(19(12-16)23(26)27)22(14-21(2,3)25)17-8-10-29-11-9-17/h6-7,12,15,17,25H,5,8-11,13-14H2,1-4H3/t15-/m1/s1. The van der Waals surface area contributed by atoms with E-state index in [1.807, 2.05) is 17.9 Å². The quantitative estimate of drug-likeness (QED) is 0.379. The SMILES string of the molecule is CC[C@H](CC(=O)OC)c1ccc(N(CC(C)(C)O)C2CCOCC2)c([N+](=O)[O-])c1. The molecule has 8 heteroatoms. The molecule has 2 rings (SSSR count). The molecule has 0 amide bonds. The Morgan fingerprint density at radius 1 is 1.41 bits per heavy atom. The van der Waals surface area contributed by atoms with Crippen molar-refractivity contribution in [3.63, 3.8) is 0 Å². The summed E-state index contributed by atoms with van der Waals surface area (Å²) in [5.41, 5.74) is 0.201. The van der Waals surface area contributed by atoms with E-state index in [1.54, 1.807) is 26.0 Å². The van der Waals surface area contributed by atoms with E-state index in [0.29, 0.717) is 25.3 Å². The molecule has 0 spiro atoms. The molecule has 0 aromatic heterocycles. The van der Waals surface area contributed by atoms with Gasteiger partial charge in [-0.3, -0.25) is 14.9 Å². The highest BCUT2D eigenvalue weighted by Crippen LogP contribution is 2.36. The molecule has 0 aliphatic carbocycles. The molecule has 1 aromatic carbocycles. The summed E-state index contributed by atoms with van der Waals surface area (Å²) in [4.78, 5) is 25.2. The number of ether oxygens (including phenoxy) is 2. The van der Waals surface area contributed by atoms with Crippen molar-refractivity contribution < 1.29 is 24.3 Å². The highest BCUT2D eigenvalue weighted by Gasteiger charge is 2.32. The van der Waals surface area contributed by atoms with E-state index in [1.165, 1.54) is 7.11 Å². The largest absolute Gasteiger partial charge is 0.469 e. The van der Waals surface area contributed by atoms with Gasteiger partial charge in [0.2, 0.25) is 0 Å². The van der Waals surface area contributed by atoms with E-state index in [-0.39, 0.29) is 41.5 Å². The van der Waals surface area contributed by atoms with Gasteiger partial charge in [-0.1, -0.05) is 13.0 Å². The third-order valence-electron chi connectivity index (χ3n) is 5.30. The van der Waals surface area contributed by atoms with Crippen LogP contribution in [0.2, 0.25) is 0 Å². The Labute approximate surface area is 171 Å². The van der Waals surface area contributed by atoms with Crippen LogP contribution in [0.25, 0.3) is 0 Å². The predicted octanol–water partition coefficient (Wildman–Crippen LogP) is 3.41. The van der Waals surface area contributed by atoms with Gasteiger partial charge in [-0.25, -0.2) is 0 Å². The third kappa shape index (κ3) is 6.40. The lowest BCUT2D eigenvalue weighted by Gasteiger charge is -2.39. The Balaban J connectivity index is 2.44. The number of hydrogen-bond donors (Lipinski definition) is 1. The molecule has 1 aliphatic rings. The molecule has 0 saturated carbocycles. The molecular formula is C21H32N2O6. The molecule has 1 fully saturated rings. The molecule has 8 nitrogen and oxygen atoms in total. The lowest BCUT2D eigenvalue weighted by molar-refractivity contribution is -0.384. The minimum absolute atomic E-state index is 0.0124. The number of nitro groups is 1. The summed E-state index contributed by atoms with van der Waals surface area (Å²) in [6, 6.07) is 5.20. The molecule has 0 radical (unpaired) electrons. The van der Waals surface area contributed by atoms with Crippen molar-refractivity contribution in [3.8, 4) is 0 Å². The van der Waals surface area contributed by atoms with Crippen LogP contribution in [0.3, 0.4) is 0 Å². The highest BCUT2D eigenvalue weighted by atomic mass is 16.6. The van der Waals surface area contributed by atoms with Crippen molar-refractivity contribution in [1.29, 1.82) is 0 Å². The Kier molecular flexibility index (Phi) is 7.98. The van der Waals surface area contributed by atoms with Crippen LogP contribution in [0.1, 0.15) is 57.9 Å². The first-order valence-electron chi connectivity index (χ1n) is 10.1. The second-order valence-electron chi connectivity index (χ2n) is 8.17. The first kappa shape index (κ1) is 23.1. The molecule has 29 heavy (non-hydrogen) atoms. The van der Waals surface area contributed by atoms with Crippen molar-refractivity contribution in [2.24, 2.45) is 0 Å². The van der Waals surface area contributed by atoms with Crippen molar-refractivity contribution >= 4 is 17.3 Å². The number of benzene rings is 1. The number of anilines is 1. The fourth-order valence-electron chi connectivity index (χ4n) is 3.79. The molecule has 1 saturated heterocycles. The van der Waals surface area contributed by atoms with Gasteiger partial charge in [-0.05, 0) is 50.7 Å². The van der Waals surface area contributed by atoms with Gasteiger partial charge in [-0.2, -0.15) is 0 Å².